The summed E-state index contributed by atoms with van der Waals surface area (Å²) in [5.74, 6) is 0.855. The summed E-state index contributed by atoms with van der Waals surface area (Å²) in [5.41, 5.74) is 2.49. The SMILES string of the molecule is CCNC(=NCC1(NC(C)c2ccccc2)CCOCC1)NC(C)c1ccccc1.I. The molecule has 0 saturated carbocycles. The van der Waals surface area contributed by atoms with Crippen molar-refractivity contribution in [3.63, 3.8) is 0 Å². The molecule has 2 aromatic carbocycles. The molecule has 1 aliphatic rings. The lowest BCUT2D eigenvalue weighted by atomic mass is 9.88. The van der Waals surface area contributed by atoms with E-state index in [1.54, 1.807) is 0 Å². The lowest BCUT2D eigenvalue weighted by Gasteiger charge is -2.39. The average Bonchev–Trinajstić information content (AvgIpc) is 2.79. The van der Waals surface area contributed by atoms with Crippen LogP contribution in [-0.2, 0) is 4.74 Å². The molecule has 1 heterocycles. The van der Waals surface area contributed by atoms with Crippen LogP contribution in [0, 0.1) is 0 Å². The maximum absolute atomic E-state index is 5.67. The number of ether oxygens (including phenoxy) is 1. The molecule has 0 spiro atoms. The number of rotatable bonds is 8. The van der Waals surface area contributed by atoms with Gasteiger partial charge in [0, 0.05) is 31.3 Å². The molecule has 2 atom stereocenters. The van der Waals surface area contributed by atoms with Crippen molar-refractivity contribution in [2.24, 2.45) is 4.99 Å². The molecule has 6 heteroatoms. The first-order valence-corrected chi connectivity index (χ1v) is 11.1. The fourth-order valence-corrected chi connectivity index (χ4v) is 3.98. The lowest BCUT2D eigenvalue weighted by Crippen LogP contribution is -2.53. The highest BCUT2D eigenvalue weighted by atomic mass is 127. The van der Waals surface area contributed by atoms with Crippen molar-refractivity contribution < 1.29 is 4.74 Å². The van der Waals surface area contributed by atoms with Gasteiger partial charge in [0.25, 0.3) is 0 Å². The van der Waals surface area contributed by atoms with Gasteiger partial charge in [-0.05, 0) is 44.7 Å². The predicted octanol–water partition coefficient (Wildman–Crippen LogP) is 4.82. The van der Waals surface area contributed by atoms with Crippen molar-refractivity contribution in [1.29, 1.82) is 0 Å². The molecule has 0 aliphatic carbocycles. The molecule has 0 radical (unpaired) electrons. The van der Waals surface area contributed by atoms with E-state index in [-0.39, 0.29) is 41.6 Å². The minimum Gasteiger partial charge on any atom is -0.381 e. The van der Waals surface area contributed by atoms with Crippen LogP contribution in [0.4, 0.5) is 0 Å². The zero-order valence-electron chi connectivity index (χ0n) is 18.9. The third-order valence-corrected chi connectivity index (χ3v) is 5.81. The normalized spacial score (nSPS) is 17.8. The molecule has 31 heavy (non-hydrogen) atoms. The summed E-state index contributed by atoms with van der Waals surface area (Å²) < 4.78 is 5.67. The van der Waals surface area contributed by atoms with Gasteiger partial charge >= 0.3 is 0 Å². The number of nitrogens with one attached hydrogen (secondary N) is 3. The van der Waals surface area contributed by atoms with E-state index in [9.17, 15) is 0 Å². The van der Waals surface area contributed by atoms with Crippen LogP contribution in [0.25, 0.3) is 0 Å². The number of hydrogen-bond donors (Lipinski definition) is 3. The first-order chi connectivity index (χ1) is 14.6. The maximum atomic E-state index is 5.67. The van der Waals surface area contributed by atoms with E-state index in [2.05, 4.69) is 91.3 Å². The summed E-state index contributed by atoms with van der Waals surface area (Å²) in [5, 5.41) is 10.8. The fourth-order valence-electron chi connectivity index (χ4n) is 3.98. The molecule has 2 unspecified atom stereocenters. The summed E-state index contributed by atoms with van der Waals surface area (Å²) >= 11 is 0. The molecule has 0 aromatic heterocycles. The molecule has 0 bridgehead atoms. The van der Waals surface area contributed by atoms with Gasteiger partial charge in [0.05, 0.1) is 12.6 Å². The summed E-state index contributed by atoms with van der Waals surface area (Å²) in [7, 11) is 0. The Balaban J connectivity index is 0.00000341. The van der Waals surface area contributed by atoms with Gasteiger partial charge in [-0.1, -0.05) is 60.7 Å². The first kappa shape index (κ1) is 25.6. The fraction of sp³-hybridized carbons (Fsp3) is 0.480. The molecule has 2 aromatic rings. The van der Waals surface area contributed by atoms with Crippen LogP contribution < -0.4 is 16.0 Å². The molecule has 1 saturated heterocycles. The average molecular weight is 537 g/mol. The first-order valence-electron chi connectivity index (χ1n) is 11.1. The van der Waals surface area contributed by atoms with E-state index in [0.29, 0.717) is 6.54 Å². The molecule has 1 fully saturated rings. The summed E-state index contributed by atoms with van der Waals surface area (Å²) in [6.07, 6.45) is 1.92. The van der Waals surface area contributed by atoms with Gasteiger partial charge in [-0.2, -0.15) is 0 Å². The molecule has 0 amide bonds. The second kappa shape index (κ2) is 13.0. The van der Waals surface area contributed by atoms with Gasteiger partial charge in [-0.3, -0.25) is 4.99 Å². The van der Waals surface area contributed by atoms with Gasteiger partial charge < -0.3 is 20.7 Å². The maximum Gasteiger partial charge on any atom is 0.191 e. The van der Waals surface area contributed by atoms with Crippen LogP contribution in [0.2, 0.25) is 0 Å². The third kappa shape index (κ3) is 7.77. The number of benzene rings is 2. The predicted molar refractivity (Wildman–Crippen MR) is 140 cm³/mol. The van der Waals surface area contributed by atoms with Gasteiger partial charge in [0.1, 0.15) is 0 Å². The van der Waals surface area contributed by atoms with E-state index in [4.69, 9.17) is 9.73 Å². The Labute approximate surface area is 204 Å². The third-order valence-electron chi connectivity index (χ3n) is 5.81. The molecule has 3 rings (SSSR count). The van der Waals surface area contributed by atoms with Crippen molar-refractivity contribution in [2.75, 3.05) is 26.3 Å². The zero-order chi connectivity index (χ0) is 21.2. The molecular formula is C25H37IN4O. The van der Waals surface area contributed by atoms with Crippen LogP contribution >= 0.6 is 24.0 Å². The minimum absolute atomic E-state index is 0. The van der Waals surface area contributed by atoms with Crippen molar-refractivity contribution in [3.8, 4) is 0 Å². The zero-order valence-corrected chi connectivity index (χ0v) is 21.3. The Morgan fingerprint density at radius 2 is 1.48 bits per heavy atom. The Hall–Kier alpha value is -1.64. The van der Waals surface area contributed by atoms with Gasteiger partial charge in [0.2, 0.25) is 0 Å². The van der Waals surface area contributed by atoms with E-state index >= 15 is 0 Å². The van der Waals surface area contributed by atoms with Crippen molar-refractivity contribution in [1.82, 2.24) is 16.0 Å². The molecule has 1 aliphatic heterocycles. The summed E-state index contributed by atoms with van der Waals surface area (Å²) in [6, 6.07) is 21.5. The van der Waals surface area contributed by atoms with E-state index in [1.807, 2.05) is 6.07 Å². The van der Waals surface area contributed by atoms with Crippen LogP contribution in [0.15, 0.2) is 65.7 Å². The Bertz CT molecular complexity index is 779. The molecule has 3 N–H and O–H groups in total. The highest BCUT2D eigenvalue weighted by Gasteiger charge is 2.34. The molecular weight excluding hydrogens is 499 g/mol. The smallest absolute Gasteiger partial charge is 0.191 e. The van der Waals surface area contributed by atoms with Gasteiger partial charge in [-0.25, -0.2) is 0 Å². The van der Waals surface area contributed by atoms with E-state index in [0.717, 1.165) is 38.6 Å². The van der Waals surface area contributed by atoms with Crippen molar-refractivity contribution in [2.45, 2.75) is 51.2 Å². The standard InChI is InChI=1S/C25H36N4O.HI/c1-4-26-24(28-20(2)22-11-7-5-8-12-22)27-19-25(15-17-30-18-16-25)29-21(3)23-13-9-6-10-14-23;/h5-14,20-21,29H,4,15-19H2,1-3H3,(H2,26,27,28);1H. The van der Waals surface area contributed by atoms with Gasteiger partial charge in [-0.15, -0.1) is 24.0 Å². The van der Waals surface area contributed by atoms with Crippen LogP contribution in [0.5, 0.6) is 0 Å². The Morgan fingerprint density at radius 1 is 0.935 bits per heavy atom. The molecule has 5 nitrogen and oxygen atoms in total. The number of halogens is 1. The highest BCUT2D eigenvalue weighted by Crippen LogP contribution is 2.26. The van der Waals surface area contributed by atoms with Crippen LogP contribution in [-0.4, -0.2) is 37.8 Å². The molecule has 170 valence electrons. The topological polar surface area (TPSA) is 57.7 Å². The number of guanidine groups is 1. The summed E-state index contributed by atoms with van der Waals surface area (Å²) in [4.78, 5) is 5.00. The minimum atomic E-state index is -0.0636. The van der Waals surface area contributed by atoms with Crippen LogP contribution in [0.1, 0.15) is 56.8 Å². The van der Waals surface area contributed by atoms with Crippen molar-refractivity contribution >= 4 is 29.9 Å². The van der Waals surface area contributed by atoms with Crippen molar-refractivity contribution in [3.05, 3.63) is 71.8 Å². The Kier molecular flexibility index (Phi) is 10.8. The quantitative estimate of drug-likeness (QED) is 0.257. The number of aliphatic imine (C=N–C) groups is 1. The monoisotopic (exact) mass is 536 g/mol. The highest BCUT2D eigenvalue weighted by molar-refractivity contribution is 14.0. The van der Waals surface area contributed by atoms with Gasteiger partial charge in [0.15, 0.2) is 5.96 Å². The second-order valence-electron chi connectivity index (χ2n) is 8.14. The van der Waals surface area contributed by atoms with Crippen LogP contribution in [0.3, 0.4) is 0 Å². The Morgan fingerprint density at radius 3 is 2.03 bits per heavy atom. The van der Waals surface area contributed by atoms with E-state index < -0.39 is 0 Å². The number of nitrogens with zero attached hydrogens (tertiary/aromatic N) is 1. The number of hydrogen-bond acceptors (Lipinski definition) is 3. The summed E-state index contributed by atoms with van der Waals surface area (Å²) in [6.45, 7) is 9.59. The second-order valence-corrected chi connectivity index (χ2v) is 8.14. The van der Waals surface area contributed by atoms with E-state index in [1.165, 1.54) is 11.1 Å². The lowest BCUT2D eigenvalue weighted by molar-refractivity contribution is 0.0374. The largest absolute Gasteiger partial charge is 0.381 e.